The second kappa shape index (κ2) is 18.3. The number of nitrogens with zero attached hydrogens (tertiary/aromatic N) is 4. The van der Waals surface area contributed by atoms with Gasteiger partial charge in [0.2, 0.25) is 11.6 Å². The zero-order valence-corrected chi connectivity index (χ0v) is 34.4. The van der Waals surface area contributed by atoms with Crippen LogP contribution >= 0.6 is 11.6 Å². The number of aryl methyl sites for hydroxylation is 1. The van der Waals surface area contributed by atoms with E-state index >= 15 is 0 Å². The lowest BCUT2D eigenvalue weighted by Gasteiger charge is -2.43. The number of halogens is 1. The summed E-state index contributed by atoms with van der Waals surface area (Å²) < 4.78 is 10.8. The summed E-state index contributed by atoms with van der Waals surface area (Å²) in [4.78, 5) is 54.2. The maximum absolute atomic E-state index is 12.3. The fourth-order valence-corrected chi connectivity index (χ4v) is 6.65. The minimum absolute atomic E-state index is 0. The number of nitrogens with one attached hydrogen (secondary N) is 4. The Balaban J connectivity index is 0.000000256. The van der Waals surface area contributed by atoms with E-state index in [2.05, 4.69) is 31.2 Å². The number of carbonyl (C=O) groups is 2. The molecule has 0 bridgehead atoms. The zero-order valence-electron chi connectivity index (χ0n) is 33.6. The lowest BCUT2D eigenvalue weighted by molar-refractivity contribution is -0.384. The van der Waals surface area contributed by atoms with Crippen LogP contribution in [0, 0.1) is 27.2 Å². The molecule has 0 spiro atoms. The average molecular weight is 833 g/mol. The van der Waals surface area contributed by atoms with Gasteiger partial charge in [0.05, 0.1) is 20.9 Å². The SMILES string of the molecule is C.CC(C)(C)OC(=O)NC1(c2ccc(Nc3nc(Cl)ccc3[N+](=O)[O-])cc2)CCC1.Cc1ccc([N+](=O)[O-])c(Nc2ccc(C3(NC(=O)OC(C)(C)C)CCC3)cc2)n1. The third kappa shape index (κ3) is 12.0. The van der Waals surface area contributed by atoms with Crippen LogP contribution in [0.25, 0.3) is 0 Å². The molecule has 2 fully saturated rings. The number of aromatic nitrogens is 2. The van der Waals surface area contributed by atoms with Crippen LogP contribution in [0.2, 0.25) is 5.15 Å². The zero-order chi connectivity index (χ0) is 42.5. The van der Waals surface area contributed by atoms with Crippen LogP contribution in [0.15, 0.2) is 72.8 Å². The Bertz CT molecular complexity index is 1990. The van der Waals surface area contributed by atoms with E-state index in [9.17, 15) is 29.8 Å². The van der Waals surface area contributed by atoms with Crippen molar-refractivity contribution in [3.63, 3.8) is 0 Å². The van der Waals surface area contributed by atoms with Gasteiger partial charge >= 0.3 is 23.6 Å². The highest BCUT2D eigenvalue weighted by Crippen LogP contribution is 2.43. The van der Waals surface area contributed by atoms with Gasteiger partial charge in [0.25, 0.3) is 0 Å². The smallest absolute Gasteiger partial charge is 0.408 e. The standard InChI is InChI=1S/C21H26N4O4.C20H23ClN4O4.CH4/c1-14-6-11-17(25(27)28)18(22-14)23-16-9-7-15(8-10-16)21(12-5-13-21)24-19(26)29-20(2,3)4;1-19(2,3)29-18(26)24-20(11-4-12-20)13-5-7-14(8-6-13)22-17-15(25(27)28)9-10-16(21)23-17;/h6-11H,5,12-13H2,1-4H3,(H,22,23)(H,24,26);5-10H,4,11-12H2,1-3H3,(H,22,23)(H,24,26);1H4. The summed E-state index contributed by atoms with van der Waals surface area (Å²) in [6.45, 7) is 12.7. The lowest BCUT2D eigenvalue weighted by atomic mass is 9.72. The lowest BCUT2D eigenvalue weighted by Crippen LogP contribution is -2.52. The number of nitro groups is 2. The molecule has 0 aliphatic heterocycles. The maximum atomic E-state index is 12.3. The molecule has 2 aromatic carbocycles. The molecule has 2 saturated carbocycles. The number of rotatable bonds is 10. The number of hydrogen-bond acceptors (Lipinski definition) is 12. The molecule has 2 aromatic heterocycles. The first-order valence-electron chi connectivity index (χ1n) is 18.9. The van der Waals surface area contributed by atoms with E-state index in [4.69, 9.17) is 21.1 Å². The number of alkyl carbamates (subject to hydrolysis) is 2. The van der Waals surface area contributed by atoms with Crippen molar-refractivity contribution in [1.82, 2.24) is 20.6 Å². The molecule has 2 aliphatic rings. The first-order valence-corrected chi connectivity index (χ1v) is 19.2. The molecule has 16 nitrogen and oxygen atoms in total. The van der Waals surface area contributed by atoms with Gasteiger partial charge < -0.3 is 30.7 Å². The molecule has 316 valence electrons. The molecule has 0 saturated heterocycles. The molecule has 4 N–H and O–H groups in total. The molecule has 0 atom stereocenters. The predicted molar refractivity (Wildman–Crippen MR) is 228 cm³/mol. The van der Waals surface area contributed by atoms with Gasteiger partial charge in [0, 0.05) is 29.2 Å². The van der Waals surface area contributed by atoms with Crippen molar-refractivity contribution in [3.8, 4) is 0 Å². The highest BCUT2D eigenvalue weighted by molar-refractivity contribution is 6.29. The van der Waals surface area contributed by atoms with E-state index in [1.54, 1.807) is 25.1 Å². The van der Waals surface area contributed by atoms with Gasteiger partial charge in [0.1, 0.15) is 16.4 Å². The average Bonchev–Trinajstić information content (AvgIpc) is 3.07. The van der Waals surface area contributed by atoms with E-state index in [1.165, 1.54) is 18.2 Å². The molecular weight excluding hydrogens is 780 g/mol. The van der Waals surface area contributed by atoms with Crippen LogP contribution in [0.5, 0.6) is 0 Å². The maximum Gasteiger partial charge on any atom is 0.408 e. The van der Waals surface area contributed by atoms with E-state index in [1.807, 2.05) is 77.9 Å². The Hall–Kier alpha value is -6.03. The normalized spacial score (nSPS) is 14.9. The topological polar surface area (TPSA) is 213 Å². The summed E-state index contributed by atoms with van der Waals surface area (Å²) in [6, 6.07) is 20.6. The van der Waals surface area contributed by atoms with Crippen LogP contribution in [0.1, 0.15) is 104 Å². The molecule has 17 heteroatoms. The van der Waals surface area contributed by atoms with Gasteiger partial charge in [-0.3, -0.25) is 20.2 Å². The molecule has 4 aromatic rings. The van der Waals surface area contributed by atoms with E-state index in [-0.39, 0.29) is 35.6 Å². The Labute approximate surface area is 349 Å². The first kappa shape index (κ1) is 45.7. The van der Waals surface area contributed by atoms with Crippen molar-refractivity contribution < 1.29 is 28.9 Å². The molecule has 0 radical (unpaired) electrons. The van der Waals surface area contributed by atoms with Gasteiger partial charge in [0.15, 0.2) is 0 Å². The van der Waals surface area contributed by atoms with Crippen molar-refractivity contribution in [1.29, 1.82) is 0 Å². The summed E-state index contributed by atoms with van der Waals surface area (Å²) in [6.07, 6.45) is 4.47. The van der Waals surface area contributed by atoms with Gasteiger partial charge in [-0.1, -0.05) is 43.3 Å². The molecule has 59 heavy (non-hydrogen) atoms. The summed E-state index contributed by atoms with van der Waals surface area (Å²) in [5.41, 5.74) is 1.66. The van der Waals surface area contributed by atoms with Crippen LogP contribution in [-0.4, -0.2) is 43.2 Å². The van der Waals surface area contributed by atoms with Crippen molar-refractivity contribution in [2.75, 3.05) is 10.6 Å². The van der Waals surface area contributed by atoms with E-state index < -0.39 is 44.3 Å². The number of benzene rings is 2. The first-order chi connectivity index (χ1) is 27.2. The summed E-state index contributed by atoms with van der Waals surface area (Å²) >= 11 is 5.87. The molecule has 2 amide bonds. The number of anilines is 4. The molecule has 6 rings (SSSR count). The number of ether oxygens (including phenoxy) is 2. The van der Waals surface area contributed by atoms with Crippen molar-refractivity contribution in [2.24, 2.45) is 0 Å². The molecular formula is C42H53ClN8O8. The van der Waals surface area contributed by atoms with Gasteiger partial charge in [-0.05, 0) is 135 Å². The number of carbonyl (C=O) groups excluding carboxylic acids is 2. The highest BCUT2D eigenvalue weighted by atomic mass is 35.5. The van der Waals surface area contributed by atoms with E-state index in [0.29, 0.717) is 17.1 Å². The largest absolute Gasteiger partial charge is 0.444 e. The minimum atomic E-state index is -0.568. The molecule has 0 unspecified atom stereocenters. The Morgan fingerprint density at radius 3 is 1.36 bits per heavy atom. The number of pyridine rings is 2. The summed E-state index contributed by atoms with van der Waals surface area (Å²) in [5.74, 6) is 0.272. The number of hydrogen-bond donors (Lipinski definition) is 4. The monoisotopic (exact) mass is 832 g/mol. The summed E-state index contributed by atoms with van der Waals surface area (Å²) in [5, 5.41) is 34.5. The highest BCUT2D eigenvalue weighted by Gasteiger charge is 2.42. The second-order valence-electron chi connectivity index (χ2n) is 16.4. The third-order valence-corrected chi connectivity index (χ3v) is 9.75. The van der Waals surface area contributed by atoms with Crippen LogP contribution < -0.4 is 21.3 Å². The van der Waals surface area contributed by atoms with Gasteiger partial charge in [-0.25, -0.2) is 19.6 Å². The Morgan fingerprint density at radius 1 is 0.644 bits per heavy atom. The van der Waals surface area contributed by atoms with Crippen LogP contribution in [-0.2, 0) is 20.6 Å². The van der Waals surface area contributed by atoms with Gasteiger partial charge in [-0.15, -0.1) is 0 Å². The molecule has 2 heterocycles. The number of amides is 2. The van der Waals surface area contributed by atoms with Crippen LogP contribution in [0.4, 0.5) is 44.0 Å². The third-order valence-electron chi connectivity index (χ3n) is 9.54. The van der Waals surface area contributed by atoms with E-state index in [0.717, 1.165) is 49.7 Å². The molecule has 2 aliphatic carbocycles. The quantitative estimate of drug-likeness (QED) is 0.0667. The minimum Gasteiger partial charge on any atom is -0.444 e. The Kier molecular flexibility index (Phi) is 14.1. The van der Waals surface area contributed by atoms with Crippen molar-refractivity contribution in [2.45, 2.75) is 117 Å². The fourth-order valence-electron chi connectivity index (χ4n) is 6.50. The van der Waals surface area contributed by atoms with Crippen molar-refractivity contribution >= 4 is 58.2 Å². The Morgan fingerprint density at radius 2 is 1.02 bits per heavy atom. The van der Waals surface area contributed by atoms with Crippen molar-refractivity contribution in [3.05, 3.63) is 115 Å². The van der Waals surface area contributed by atoms with Crippen LogP contribution in [0.3, 0.4) is 0 Å². The second-order valence-corrected chi connectivity index (χ2v) is 16.8. The van der Waals surface area contributed by atoms with Gasteiger partial charge in [-0.2, -0.15) is 0 Å². The summed E-state index contributed by atoms with van der Waals surface area (Å²) in [7, 11) is 0. The predicted octanol–water partition coefficient (Wildman–Crippen LogP) is 10.9. The fraction of sp³-hybridized carbons (Fsp3) is 0.429.